The van der Waals surface area contributed by atoms with Crippen LogP contribution in [-0.2, 0) is 0 Å². The van der Waals surface area contributed by atoms with Gasteiger partial charge in [0.15, 0.2) is 0 Å². The topological polar surface area (TPSA) is 0 Å². The molecule has 0 radical (unpaired) electrons. The van der Waals surface area contributed by atoms with Crippen LogP contribution in [-0.4, -0.2) is 7.85 Å². The molecule has 0 unspecified atom stereocenters. The van der Waals surface area contributed by atoms with Crippen molar-refractivity contribution in [3.8, 4) is 0 Å². The lowest BCUT2D eigenvalue weighted by Gasteiger charge is -1.96. The van der Waals surface area contributed by atoms with Crippen LogP contribution in [0.4, 0.5) is 8.78 Å². The van der Waals surface area contributed by atoms with Crippen molar-refractivity contribution in [1.82, 2.24) is 0 Å². The average Bonchev–Trinajstić information content (AvgIpc) is 1.82. The largest absolute Gasteiger partial charge is 0.205 e. The molecule has 0 saturated carbocycles. The highest BCUT2D eigenvalue weighted by Crippen LogP contribution is 2.15. The number of benzene rings is 1. The van der Waals surface area contributed by atoms with E-state index >= 15 is 0 Å². The normalized spacial score (nSPS) is 9.90. The highest BCUT2D eigenvalue weighted by atomic mass is 35.5. The summed E-state index contributed by atoms with van der Waals surface area (Å²) in [5.74, 6) is -1.42. The van der Waals surface area contributed by atoms with E-state index in [0.29, 0.717) is 5.46 Å². The smallest absolute Gasteiger partial charge is 0.144 e. The van der Waals surface area contributed by atoms with E-state index in [0.717, 1.165) is 0 Å². The molecule has 0 amide bonds. The maximum Gasteiger partial charge on any atom is 0.144 e. The number of hydrogen-bond acceptors (Lipinski definition) is 0. The summed E-state index contributed by atoms with van der Waals surface area (Å²) < 4.78 is 24.9. The van der Waals surface area contributed by atoms with E-state index in [-0.39, 0.29) is 0 Å². The third-order valence-electron chi connectivity index (χ3n) is 1.13. The number of hydrogen-bond donors (Lipinski definition) is 0. The van der Waals surface area contributed by atoms with Crippen LogP contribution in [0.3, 0.4) is 0 Å². The second-order valence-electron chi connectivity index (χ2n) is 2.04. The van der Waals surface area contributed by atoms with E-state index in [2.05, 4.69) is 0 Å². The second-order valence-corrected chi connectivity index (χ2v) is 2.42. The maximum atomic E-state index is 12.5. The molecule has 1 aromatic rings. The van der Waals surface area contributed by atoms with E-state index in [4.69, 9.17) is 11.6 Å². The fourth-order valence-corrected chi connectivity index (χ4v) is 0.791. The van der Waals surface area contributed by atoms with Gasteiger partial charge in [0, 0.05) is 0 Å². The standard InChI is InChI=1S/C6H4BClF2/c7-3-1-4(9)6(8)5(10)2-3/h1-2H,7H2. The minimum atomic E-state index is -0.709. The van der Waals surface area contributed by atoms with Crippen molar-refractivity contribution in [3.05, 3.63) is 28.8 Å². The number of rotatable bonds is 0. The third kappa shape index (κ3) is 1.29. The predicted molar refractivity (Wildman–Crippen MR) is 39.5 cm³/mol. The molecular weight excluding hydrogens is 156 g/mol. The molecular formula is C6H4BClF2. The fraction of sp³-hybridized carbons (Fsp3) is 0. The van der Waals surface area contributed by atoms with Gasteiger partial charge in [0.2, 0.25) is 0 Å². The van der Waals surface area contributed by atoms with Crippen molar-refractivity contribution >= 4 is 24.9 Å². The Balaban J connectivity index is 3.31. The third-order valence-corrected chi connectivity index (χ3v) is 1.49. The SMILES string of the molecule is Bc1cc(F)c(Cl)c(F)c1. The summed E-state index contributed by atoms with van der Waals surface area (Å²) in [7, 11) is 1.60. The van der Waals surface area contributed by atoms with Crippen LogP contribution < -0.4 is 5.46 Å². The quantitative estimate of drug-likeness (QED) is 0.390. The van der Waals surface area contributed by atoms with Crippen LogP contribution in [0.5, 0.6) is 0 Å². The Labute approximate surface area is 63.2 Å². The van der Waals surface area contributed by atoms with Gasteiger partial charge in [-0.15, -0.1) is 0 Å². The van der Waals surface area contributed by atoms with Crippen LogP contribution >= 0.6 is 11.6 Å². The monoisotopic (exact) mass is 160 g/mol. The summed E-state index contributed by atoms with van der Waals surface area (Å²) in [6.07, 6.45) is 0. The van der Waals surface area contributed by atoms with Gasteiger partial charge in [-0.1, -0.05) is 17.1 Å². The highest BCUT2D eigenvalue weighted by Gasteiger charge is 2.05. The molecule has 0 nitrogen and oxygen atoms in total. The van der Waals surface area contributed by atoms with Crippen LogP contribution in [0.1, 0.15) is 0 Å². The minimum absolute atomic E-state index is 0.439. The predicted octanol–water partition coefficient (Wildman–Crippen LogP) is 0.877. The van der Waals surface area contributed by atoms with Gasteiger partial charge < -0.3 is 0 Å². The van der Waals surface area contributed by atoms with Gasteiger partial charge in [0.25, 0.3) is 0 Å². The lowest BCUT2D eigenvalue weighted by atomic mass is 9.96. The molecule has 0 aliphatic heterocycles. The van der Waals surface area contributed by atoms with Gasteiger partial charge in [-0.2, -0.15) is 0 Å². The van der Waals surface area contributed by atoms with Gasteiger partial charge in [-0.3, -0.25) is 0 Å². The lowest BCUT2D eigenvalue weighted by Crippen LogP contribution is -2.04. The molecule has 0 atom stereocenters. The Hall–Kier alpha value is -0.565. The zero-order chi connectivity index (χ0) is 7.72. The highest BCUT2D eigenvalue weighted by molar-refractivity contribution is 6.34. The molecule has 1 aromatic carbocycles. The molecule has 1 rings (SSSR count). The fourth-order valence-electron chi connectivity index (χ4n) is 0.682. The number of halogens is 3. The van der Waals surface area contributed by atoms with Crippen molar-refractivity contribution in [2.75, 3.05) is 0 Å². The first-order chi connectivity index (χ1) is 4.61. The molecule has 0 aliphatic carbocycles. The van der Waals surface area contributed by atoms with Crippen molar-refractivity contribution in [3.63, 3.8) is 0 Å². The summed E-state index contributed by atoms with van der Waals surface area (Å²) >= 11 is 5.20. The van der Waals surface area contributed by atoms with Gasteiger partial charge in [-0.05, 0) is 12.1 Å². The maximum absolute atomic E-state index is 12.5. The van der Waals surface area contributed by atoms with Crippen molar-refractivity contribution in [2.24, 2.45) is 0 Å². The van der Waals surface area contributed by atoms with Crippen LogP contribution in [0.15, 0.2) is 12.1 Å². The lowest BCUT2D eigenvalue weighted by molar-refractivity contribution is 0.586. The van der Waals surface area contributed by atoms with E-state index in [1.807, 2.05) is 0 Å². The van der Waals surface area contributed by atoms with Crippen molar-refractivity contribution < 1.29 is 8.78 Å². The van der Waals surface area contributed by atoms with E-state index < -0.39 is 16.7 Å². The van der Waals surface area contributed by atoms with Crippen LogP contribution in [0, 0.1) is 11.6 Å². The average molecular weight is 160 g/mol. The van der Waals surface area contributed by atoms with Crippen LogP contribution in [0.25, 0.3) is 0 Å². The first kappa shape index (κ1) is 7.54. The van der Waals surface area contributed by atoms with E-state index in [1.54, 1.807) is 7.85 Å². The van der Waals surface area contributed by atoms with Crippen molar-refractivity contribution in [1.29, 1.82) is 0 Å². The first-order valence-electron chi connectivity index (χ1n) is 2.72. The summed E-state index contributed by atoms with van der Waals surface area (Å²) in [4.78, 5) is 0. The van der Waals surface area contributed by atoms with E-state index in [9.17, 15) is 8.78 Å². The van der Waals surface area contributed by atoms with E-state index in [1.165, 1.54) is 12.1 Å². The molecule has 0 N–H and O–H groups in total. The summed E-state index contributed by atoms with van der Waals surface area (Å²) in [6, 6.07) is 2.37. The minimum Gasteiger partial charge on any atom is -0.205 e. The first-order valence-corrected chi connectivity index (χ1v) is 3.10. The second kappa shape index (κ2) is 2.58. The molecule has 0 aromatic heterocycles. The summed E-state index contributed by atoms with van der Waals surface area (Å²) in [5.41, 5.74) is 0.527. The zero-order valence-corrected chi connectivity index (χ0v) is 6.04. The van der Waals surface area contributed by atoms with Gasteiger partial charge in [-0.25, -0.2) is 8.78 Å². The van der Waals surface area contributed by atoms with Gasteiger partial charge in [0.1, 0.15) is 24.5 Å². The Morgan fingerprint density at radius 2 is 1.60 bits per heavy atom. The molecule has 52 valence electrons. The molecule has 0 bridgehead atoms. The molecule has 0 spiro atoms. The summed E-state index contributed by atoms with van der Waals surface area (Å²) in [6.45, 7) is 0. The van der Waals surface area contributed by atoms with Gasteiger partial charge >= 0.3 is 0 Å². The molecule has 0 fully saturated rings. The molecule has 10 heavy (non-hydrogen) atoms. The molecule has 4 heteroatoms. The Kier molecular flexibility index (Phi) is 1.95. The summed E-state index contributed by atoms with van der Waals surface area (Å²) in [5, 5.41) is -0.439. The Bertz CT molecular complexity index is 239. The van der Waals surface area contributed by atoms with Crippen molar-refractivity contribution in [2.45, 2.75) is 0 Å². The molecule has 0 saturated heterocycles. The molecule has 0 heterocycles. The Morgan fingerprint density at radius 1 is 1.20 bits per heavy atom. The zero-order valence-electron chi connectivity index (χ0n) is 5.29. The van der Waals surface area contributed by atoms with Crippen LogP contribution in [0.2, 0.25) is 5.02 Å². The van der Waals surface area contributed by atoms with Gasteiger partial charge in [0.05, 0.1) is 0 Å². The molecule has 0 aliphatic rings. The Morgan fingerprint density at radius 3 is 2.00 bits per heavy atom.